The molecule has 1 aromatic heterocycles. The van der Waals surface area contributed by atoms with Crippen molar-refractivity contribution in [2.75, 3.05) is 11.9 Å². The number of benzene rings is 1. The molecule has 18 heavy (non-hydrogen) atoms. The average Bonchev–Trinajstić information content (AvgIpc) is 2.95. The summed E-state index contributed by atoms with van der Waals surface area (Å²) in [7, 11) is 1.81. The molecular formula is C13H13N3OS. The summed E-state index contributed by atoms with van der Waals surface area (Å²) >= 11 is 1.57. The first-order valence-corrected chi connectivity index (χ1v) is 6.61. The Bertz CT molecular complexity index is 620. The van der Waals surface area contributed by atoms with Gasteiger partial charge in [-0.15, -0.1) is 11.3 Å². The zero-order chi connectivity index (χ0) is 12.7. The number of anilines is 1. The Labute approximate surface area is 109 Å². The van der Waals surface area contributed by atoms with Gasteiger partial charge in [-0.1, -0.05) is 6.07 Å². The number of aromatic nitrogens is 1. The van der Waals surface area contributed by atoms with Gasteiger partial charge in [0, 0.05) is 30.2 Å². The van der Waals surface area contributed by atoms with Crippen LogP contribution in [0.15, 0.2) is 23.6 Å². The number of hydrogen-bond acceptors (Lipinski definition) is 4. The zero-order valence-electron chi connectivity index (χ0n) is 10.0. The molecule has 0 saturated carbocycles. The van der Waals surface area contributed by atoms with Gasteiger partial charge in [-0.05, 0) is 17.7 Å². The highest BCUT2D eigenvalue weighted by atomic mass is 32.1. The first-order chi connectivity index (χ1) is 8.69. The fourth-order valence-corrected chi connectivity index (χ4v) is 2.85. The van der Waals surface area contributed by atoms with E-state index in [0.29, 0.717) is 13.0 Å². The molecule has 0 radical (unpaired) electrons. The molecule has 1 aromatic carbocycles. The maximum atomic E-state index is 11.6. The molecule has 1 aliphatic heterocycles. The van der Waals surface area contributed by atoms with Gasteiger partial charge in [0.2, 0.25) is 5.91 Å². The highest BCUT2D eigenvalue weighted by Crippen LogP contribution is 2.32. The monoisotopic (exact) mass is 259 g/mol. The van der Waals surface area contributed by atoms with Crippen LogP contribution in [-0.2, 0) is 17.8 Å². The fraction of sp³-hybridized carbons (Fsp3) is 0.231. The van der Waals surface area contributed by atoms with Gasteiger partial charge in [0.15, 0.2) is 0 Å². The highest BCUT2D eigenvalue weighted by molar-refractivity contribution is 7.09. The van der Waals surface area contributed by atoms with Crippen molar-refractivity contribution in [3.8, 4) is 11.3 Å². The predicted octanol–water partition coefficient (Wildman–Crippen LogP) is 1.79. The molecule has 5 heteroatoms. The van der Waals surface area contributed by atoms with Crippen LogP contribution in [0.3, 0.4) is 0 Å². The van der Waals surface area contributed by atoms with Gasteiger partial charge in [-0.3, -0.25) is 4.79 Å². The van der Waals surface area contributed by atoms with E-state index in [0.717, 1.165) is 27.5 Å². The summed E-state index contributed by atoms with van der Waals surface area (Å²) < 4.78 is 0. The summed E-state index contributed by atoms with van der Waals surface area (Å²) in [6.07, 6.45) is 0.480. The van der Waals surface area contributed by atoms with Crippen LogP contribution < -0.4 is 10.6 Å². The lowest BCUT2D eigenvalue weighted by Crippen LogP contribution is -2.20. The van der Waals surface area contributed by atoms with E-state index in [2.05, 4.69) is 4.98 Å². The van der Waals surface area contributed by atoms with Gasteiger partial charge in [-0.25, -0.2) is 4.98 Å². The number of carbonyl (C=O) groups is 1. The van der Waals surface area contributed by atoms with Crippen molar-refractivity contribution in [1.29, 1.82) is 0 Å². The summed E-state index contributed by atoms with van der Waals surface area (Å²) in [4.78, 5) is 17.8. The Morgan fingerprint density at radius 2 is 2.33 bits per heavy atom. The van der Waals surface area contributed by atoms with Crippen molar-refractivity contribution >= 4 is 22.9 Å². The number of fused-ring (bicyclic) bond motifs is 1. The normalized spacial score (nSPS) is 14.1. The number of amides is 1. The molecule has 0 spiro atoms. The minimum atomic E-state index is 0.142. The maximum absolute atomic E-state index is 11.6. The van der Waals surface area contributed by atoms with Crippen molar-refractivity contribution in [3.05, 3.63) is 34.2 Å². The molecule has 0 bridgehead atoms. The van der Waals surface area contributed by atoms with E-state index in [4.69, 9.17) is 5.73 Å². The van der Waals surface area contributed by atoms with Crippen LogP contribution >= 0.6 is 11.3 Å². The third kappa shape index (κ3) is 1.72. The molecule has 1 amide bonds. The second-order valence-corrected chi connectivity index (χ2v) is 5.25. The van der Waals surface area contributed by atoms with Crippen LogP contribution in [0, 0.1) is 0 Å². The van der Waals surface area contributed by atoms with Crippen molar-refractivity contribution in [3.63, 3.8) is 0 Å². The lowest BCUT2D eigenvalue weighted by molar-refractivity contribution is -0.117. The molecule has 4 nitrogen and oxygen atoms in total. The number of likely N-dealkylation sites (N-methyl/N-ethyl adjacent to an activating group) is 1. The van der Waals surface area contributed by atoms with Crippen LogP contribution in [0.5, 0.6) is 0 Å². The predicted molar refractivity (Wildman–Crippen MR) is 72.6 cm³/mol. The largest absolute Gasteiger partial charge is 0.325 e. The highest BCUT2D eigenvalue weighted by Gasteiger charge is 2.24. The Hall–Kier alpha value is -1.72. The fourth-order valence-electron chi connectivity index (χ4n) is 2.17. The average molecular weight is 259 g/mol. The summed E-state index contributed by atoms with van der Waals surface area (Å²) in [5.41, 5.74) is 9.62. The van der Waals surface area contributed by atoms with E-state index in [-0.39, 0.29) is 5.91 Å². The molecule has 0 fully saturated rings. The minimum Gasteiger partial charge on any atom is -0.325 e. The number of carbonyl (C=O) groups excluding carboxylic acids is 1. The first kappa shape index (κ1) is 11.4. The van der Waals surface area contributed by atoms with Gasteiger partial charge >= 0.3 is 0 Å². The molecule has 0 saturated heterocycles. The molecule has 3 rings (SSSR count). The molecule has 2 N–H and O–H groups in total. The number of nitrogens with two attached hydrogens (primary N) is 1. The van der Waals surface area contributed by atoms with Crippen LogP contribution in [0.2, 0.25) is 0 Å². The lowest BCUT2D eigenvalue weighted by atomic mass is 10.1. The maximum Gasteiger partial charge on any atom is 0.231 e. The molecule has 0 unspecified atom stereocenters. The zero-order valence-corrected chi connectivity index (χ0v) is 10.8. The summed E-state index contributed by atoms with van der Waals surface area (Å²) in [6.45, 7) is 0.469. The molecule has 2 heterocycles. The Morgan fingerprint density at radius 1 is 1.50 bits per heavy atom. The van der Waals surface area contributed by atoms with E-state index in [1.165, 1.54) is 0 Å². The van der Waals surface area contributed by atoms with E-state index >= 15 is 0 Å². The number of hydrogen-bond donors (Lipinski definition) is 1. The van der Waals surface area contributed by atoms with Gasteiger partial charge in [0.1, 0.15) is 5.01 Å². The van der Waals surface area contributed by atoms with Crippen molar-refractivity contribution < 1.29 is 4.79 Å². The van der Waals surface area contributed by atoms with E-state index in [9.17, 15) is 4.79 Å². The topological polar surface area (TPSA) is 59.2 Å². The van der Waals surface area contributed by atoms with Gasteiger partial charge in [0.05, 0.1) is 12.1 Å². The SMILES string of the molecule is CN1C(=O)Cc2cc(-c3csc(CN)n3)ccc21. The second-order valence-electron chi connectivity index (χ2n) is 4.30. The van der Waals surface area contributed by atoms with E-state index in [1.54, 1.807) is 16.2 Å². The van der Waals surface area contributed by atoms with Crippen LogP contribution in [0.25, 0.3) is 11.3 Å². The van der Waals surface area contributed by atoms with Crippen LogP contribution in [0.4, 0.5) is 5.69 Å². The molecule has 0 aliphatic carbocycles. The summed E-state index contributed by atoms with van der Waals surface area (Å²) in [6, 6.07) is 6.03. The van der Waals surface area contributed by atoms with Gasteiger partial charge < -0.3 is 10.6 Å². The third-order valence-corrected chi connectivity index (χ3v) is 4.05. The Kier molecular flexibility index (Phi) is 2.65. The quantitative estimate of drug-likeness (QED) is 0.894. The number of nitrogens with zero attached hydrogens (tertiary/aromatic N) is 2. The van der Waals surface area contributed by atoms with Crippen molar-refractivity contribution in [1.82, 2.24) is 4.98 Å². The third-order valence-electron chi connectivity index (χ3n) is 3.18. The smallest absolute Gasteiger partial charge is 0.231 e. The molecule has 0 atom stereocenters. The van der Waals surface area contributed by atoms with Crippen molar-refractivity contribution in [2.45, 2.75) is 13.0 Å². The second kappa shape index (κ2) is 4.19. The lowest BCUT2D eigenvalue weighted by Gasteiger charge is -2.09. The number of thiazole rings is 1. The molecule has 2 aromatic rings. The first-order valence-electron chi connectivity index (χ1n) is 5.73. The van der Waals surface area contributed by atoms with Crippen LogP contribution in [-0.4, -0.2) is 17.9 Å². The van der Waals surface area contributed by atoms with Crippen LogP contribution in [0.1, 0.15) is 10.6 Å². The molecular weight excluding hydrogens is 246 g/mol. The molecule has 1 aliphatic rings. The van der Waals surface area contributed by atoms with E-state index in [1.807, 2.05) is 30.6 Å². The van der Waals surface area contributed by atoms with E-state index < -0.39 is 0 Å². The minimum absolute atomic E-state index is 0.142. The Morgan fingerprint density at radius 3 is 3.06 bits per heavy atom. The van der Waals surface area contributed by atoms with Gasteiger partial charge in [0.25, 0.3) is 0 Å². The Balaban J connectivity index is 2.01. The van der Waals surface area contributed by atoms with Crippen molar-refractivity contribution in [2.24, 2.45) is 5.73 Å². The number of rotatable bonds is 2. The molecule has 92 valence electrons. The standard InChI is InChI=1S/C13H13N3OS/c1-16-11-3-2-8(4-9(11)5-13(16)17)10-7-18-12(6-14)15-10/h2-4,7H,5-6,14H2,1H3. The summed E-state index contributed by atoms with van der Waals surface area (Å²) in [5, 5.41) is 2.93. The summed E-state index contributed by atoms with van der Waals surface area (Å²) in [5.74, 6) is 0.142. The van der Waals surface area contributed by atoms with Gasteiger partial charge in [-0.2, -0.15) is 0 Å².